The minimum Gasteiger partial charge on any atom is -0.323 e. The SMILES string of the molecule is CC1CCC(Nn2cccc2)CC1C. The van der Waals surface area contributed by atoms with Crippen LogP contribution in [0.5, 0.6) is 0 Å². The summed E-state index contributed by atoms with van der Waals surface area (Å²) in [6.45, 7) is 4.74. The number of nitrogens with zero attached hydrogens (tertiary/aromatic N) is 1. The average Bonchev–Trinajstić information content (AvgIpc) is 2.64. The van der Waals surface area contributed by atoms with E-state index in [2.05, 4.69) is 48.5 Å². The standard InChI is InChI=1S/C12H20N2/c1-10-5-6-12(9-11(10)2)13-14-7-3-4-8-14/h3-4,7-8,10-13H,5-6,9H2,1-2H3. The zero-order chi connectivity index (χ0) is 9.97. The van der Waals surface area contributed by atoms with Gasteiger partial charge in [0.25, 0.3) is 0 Å². The molecule has 1 saturated carbocycles. The molecule has 1 aliphatic rings. The van der Waals surface area contributed by atoms with E-state index in [4.69, 9.17) is 0 Å². The van der Waals surface area contributed by atoms with Crippen LogP contribution in [-0.4, -0.2) is 10.7 Å². The molecular weight excluding hydrogens is 172 g/mol. The molecule has 0 aliphatic heterocycles. The normalized spacial score (nSPS) is 32.9. The zero-order valence-corrected chi connectivity index (χ0v) is 9.11. The third-order valence-electron chi connectivity index (χ3n) is 3.53. The summed E-state index contributed by atoms with van der Waals surface area (Å²) < 4.78 is 2.08. The lowest BCUT2D eigenvalue weighted by Crippen LogP contribution is -2.34. The van der Waals surface area contributed by atoms with Crippen LogP contribution in [0.15, 0.2) is 24.5 Å². The lowest BCUT2D eigenvalue weighted by molar-refractivity contribution is 0.253. The highest BCUT2D eigenvalue weighted by molar-refractivity contribution is 4.96. The Labute approximate surface area is 86.3 Å². The molecule has 2 rings (SSSR count). The number of hydrogen-bond donors (Lipinski definition) is 1. The molecule has 1 fully saturated rings. The number of nitrogens with one attached hydrogen (secondary N) is 1. The maximum Gasteiger partial charge on any atom is 0.0427 e. The van der Waals surface area contributed by atoms with Gasteiger partial charge in [0.15, 0.2) is 0 Å². The van der Waals surface area contributed by atoms with Gasteiger partial charge in [-0.05, 0) is 43.2 Å². The molecule has 2 heteroatoms. The highest BCUT2D eigenvalue weighted by Gasteiger charge is 2.24. The van der Waals surface area contributed by atoms with E-state index in [1.54, 1.807) is 0 Å². The molecule has 1 heterocycles. The van der Waals surface area contributed by atoms with Crippen LogP contribution < -0.4 is 5.43 Å². The summed E-state index contributed by atoms with van der Waals surface area (Å²) in [5, 5.41) is 0. The van der Waals surface area contributed by atoms with Gasteiger partial charge < -0.3 is 5.43 Å². The van der Waals surface area contributed by atoms with Gasteiger partial charge in [-0.25, -0.2) is 0 Å². The number of aromatic nitrogens is 1. The van der Waals surface area contributed by atoms with Crippen molar-refractivity contribution in [3.05, 3.63) is 24.5 Å². The second-order valence-electron chi connectivity index (χ2n) is 4.68. The van der Waals surface area contributed by atoms with Gasteiger partial charge in [-0.2, -0.15) is 0 Å². The van der Waals surface area contributed by atoms with Crippen LogP contribution in [0.1, 0.15) is 33.1 Å². The van der Waals surface area contributed by atoms with E-state index in [9.17, 15) is 0 Å². The van der Waals surface area contributed by atoms with Crippen molar-refractivity contribution in [1.82, 2.24) is 4.68 Å². The van der Waals surface area contributed by atoms with Crippen molar-refractivity contribution in [2.75, 3.05) is 5.43 Å². The molecule has 1 N–H and O–H groups in total. The van der Waals surface area contributed by atoms with Gasteiger partial charge in [0.05, 0.1) is 0 Å². The predicted molar refractivity (Wildman–Crippen MR) is 59.8 cm³/mol. The quantitative estimate of drug-likeness (QED) is 0.762. The average molecular weight is 192 g/mol. The summed E-state index contributed by atoms with van der Waals surface area (Å²) in [5.74, 6) is 1.76. The first-order chi connectivity index (χ1) is 6.75. The topological polar surface area (TPSA) is 17.0 Å². The van der Waals surface area contributed by atoms with Gasteiger partial charge in [-0.1, -0.05) is 13.8 Å². The summed E-state index contributed by atoms with van der Waals surface area (Å²) in [6, 6.07) is 4.78. The van der Waals surface area contributed by atoms with Crippen molar-refractivity contribution < 1.29 is 0 Å². The second-order valence-corrected chi connectivity index (χ2v) is 4.68. The Balaban J connectivity index is 1.88. The fourth-order valence-electron chi connectivity index (χ4n) is 2.30. The molecule has 78 valence electrons. The van der Waals surface area contributed by atoms with E-state index in [0.717, 1.165) is 11.8 Å². The van der Waals surface area contributed by atoms with Gasteiger partial charge >= 0.3 is 0 Å². The lowest BCUT2D eigenvalue weighted by atomic mass is 9.79. The minimum atomic E-state index is 0.661. The lowest BCUT2D eigenvalue weighted by Gasteiger charge is -2.33. The van der Waals surface area contributed by atoms with Crippen LogP contribution in [0.25, 0.3) is 0 Å². The molecule has 2 nitrogen and oxygen atoms in total. The van der Waals surface area contributed by atoms with Crippen molar-refractivity contribution in [2.24, 2.45) is 11.8 Å². The van der Waals surface area contributed by atoms with Crippen molar-refractivity contribution in [2.45, 2.75) is 39.2 Å². The largest absolute Gasteiger partial charge is 0.323 e. The third-order valence-corrected chi connectivity index (χ3v) is 3.53. The summed E-state index contributed by atoms with van der Waals surface area (Å²) in [4.78, 5) is 0. The molecule has 0 saturated heterocycles. The van der Waals surface area contributed by atoms with Crippen LogP contribution in [0, 0.1) is 11.8 Å². The fraction of sp³-hybridized carbons (Fsp3) is 0.667. The number of rotatable bonds is 2. The highest BCUT2D eigenvalue weighted by atomic mass is 15.4. The molecule has 14 heavy (non-hydrogen) atoms. The minimum absolute atomic E-state index is 0.661. The van der Waals surface area contributed by atoms with Crippen LogP contribution in [0.4, 0.5) is 0 Å². The predicted octanol–water partition coefficient (Wildman–Crippen LogP) is 2.86. The Kier molecular flexibility index (Phi) is 2.80. The Hall–Kier alpha value is -0.920. The molecule has 3 atom stereocenters. The van der Waals surface area contributed by atoms with E-state index in [-0.39, 0.29) is 0 Å². The van der Waals surface area contributed by atoms with E-state index < -0.39 is 0 Å². The summed E-state index contributed by atoms with van der Waals surface area (Å²) >= 11 is 0. The number of hydrogen-bond acceptors (Lipinski definition) is 1. The molecule has 0 bridgehead atoms. The molecule has 1 aromatic heterocycles. The maximum atomic E-state index is 3.53. The van der Waals surface area contributed by atoms with Crippen molar-refractivity contribution in [1.29, 1.82) is 0 Å². The third kappa shape index (κ3) is 2.11. The monoisotopic (exact) mass is 192 g/mol. The smallest absolute Gasteiger partial charge is 0.0427 e. The van der Waals surface area contributed by atoms with Gasteiger partial charge in [-0.15, -0.1) is 0 Å². The first-order valence-corrected chi connectivity index (χ1v) is 5.65. The van der Waals surface area contributed by atoms with Crippen molar-refractivity contribution in [3.8, 4) is 0 Å². The van der Waals surface area contributed by atoms with E-state index in [1.807, 2.05) is 0 Å². The summed E-state index contributed by atoms with van der Waals surface area (Å²) in [6.07, 6.45) is 8.12. The Bertz CT molecular complexity index is 266. The summed E-state index contributed by atoms with van der Waals surface area (Å²) in [7, 11) is 0. The molecule has 1 aromatic rings. The molecule has 3 unspecified atom stereocenters. The maximum absolute atomic E-state index is 3.53. The van der Waals surface area contributed by atoms with E-state index in [0.29, 0.717) is 6.04 Å². The zero-order valence-electron chi connectivity index (χ0n) is 9.11. The fourth-order valence-corrected chi connectivity index (χ4v) is 2.30. The first kappa shape index (κ1) is 9.63. The van der Waals surface area contributed by atoms with E-state index >= 15 is 0 Å². The Morgan fingerprint density at radius 1 is 1.07 bits per heavy atom. The first-order valence-electron chi connectivity index (χ1n) is 5.65. The van der Waals surface area contributed by atoms with Gasteiger partial charge in [0.2, 0.25) is 0 Å². The van der Waals surface area contributed by atoms with Crippen LogP contribution in [0.3, 0.4) is 0 Å². The molecule has 1 aliphatic carbocycles. The Morgan fingerprint density at radius 3 is 2.43 bits per heavy atom. The molecular formula is C12H20N2. The van der Waals surface area contributed by atoms with Crippen LogP contribution >= 0.6 is 0 Å². The molecule has 0 aromatic carbocycles. The van der Waals surface area contributed by atoms with Gasteiger partial charge in [0.1, 0.15) is 0 Å². The van der Waals surface area contributed by atoms with E-state index in [1.165, 1.54) is 19.3 Å². The molecule has 0 spiro atoms. The second kappa shape index (κ2) is 4.07. The summed E-state index contributed by atoms with van der Waals surface area (Å²) in [5.41, 5.74) is 3.53. The molecule has 0 amide bonds. The highest BCUT2D eigenvalue weighted by Crippen LogP contribution is 2.29. The van der Waals surface area contributed by atoms with Gasteiger partial charge in [-0.3, -0.25) is 4.68 Å². The molecule has 0 radical (unpaired) electrons. The van der Waals surface area contributed by atoms with Crippen molar-refractivity contribution in [3.63, 3.8) is 0 Å². The van der Waals surface area contributed by atoms with Crippen LogP contribution in [-0.2, 0) is 0 Å². The van der Waals surface area contributed by atoms with Crippen LogP contribution in [0.2, 0.25) is 0 Å². The Morgan fingerprint density at radius 2 is 1.79 bits per heavy atom. The van der Waals surface area contributed by atoms with Crippen molar-refractivity contribution >= 4 is 0 Å². The van der Waals surface area contributed by atoms with Gasteiger partial charge in [0, 0.05) is 18.4 Å².